The average molecular weight is 391 g/mol. The highest BCUT2D eigenvalue weighted by Gasteiger charge is 2.42. The van der Waals surface area contributed by atoms with Gasteiger partial charge >= 0.3 is 16.1 Å². The predicted octanol–water partition coefficient (Wildman–Crippen LogP) is -1.34. The van der Waals surface area contributed by atoms with Crippen LogP contribution in [0.3, 0.4) is 0 Å². The monoisotopic (exact) mass is 391 g/mol. The first kappa shape index (κ1) is 20.2. The van der Waals surface area contributed by atoms with E-state index in [9.17, 15) is 19.1 Å². The highest BCUT2D eigenvalue weighted by Crippen LogP contribution is 2.47. The largest absolute Gasteiger partial charge is 0.694 e. The first-order valence-corrected chi connectivity index (χ1v) is 9.74. The van der Waals surface area contributed by atoms with E-state index >= 15 is 0 Å². The molecule has 0 radical (unpaired) electrons. The summed E-state index contributed by atoms with van der Waals surface area (Å²) in [6.07, 6.45) is -4.82. The summed E-state index contributed by atoms with van der Waals surface area (Å²) < 4.78 is 47.2. The molecule has 0 aromatic rings. The molecule has 0 aliphatic carbocycles. The lowest BCUT2D eigenvalue weighted by molar-refractivity contribution is -0.0349. The molecule has 140 valence electrons. The lowest BCUT2D eigenvalue weighted by atomic mass is 10.2. The zero-order chi connectivity index (χ0) is 17.9. The van der Waals surface area contributed by atoms with E-state index in [1.54, 1.807) is 0 Å². The highest BCUT2D eigenvalue weighted by molar-refractivity contribution is 7.47. The molecule has 0 spiro atoms. The maximum atomic E-state index is 12.0. The third kappa shape index (κ3) is 6.03. The fourth-order valence-corrected chi connectivity index (χ4v) is 3.66. The number of ether oxygens (including phenoxy) is 2. The molecule has 0 aromatic heterocycles. The molecule has 2 saturated heterocycles. The van der Waals surface area contributed by atoms with E-state index in [0.29, 0.717) is 0 Å². The van der Waals surface area contributed by atoms with Gasteiger partial charge in [-0.25, -0.2) is 4.57 Å². The van der Waals surface area contributed by atoms with E-state index in [1.807, 2.05) is 0 Å². The number of phosphoric ester groups is 1. The van der Waals surface area contributed by atoms with Gasteiger partial charge in [0.2, 0.25) is 0 Å². The number of aliphatic hydroxyl groups is 1. The minimum absolute atomic E-state index is 0.0670. The molecule has 0 aromatic carbocycles. The molecule has 0 saturated carbocycles. The van der Waals surface area contributed by atoms with Gasteiger partial charge in [-0.05, 0) is 0 Å². The Balaban J connectivity index is 1.85. The van der Waals surface area contributed by atoms with Gasteiger partial charge in [0, 0.05) is 17.4 Å². The molecular formula is C10H21N2O10P2+. The van der Waals surface area contributed by atoms with Crippen molar-refractivity contribution < 1.29 is 47.1 Å². The summed E-state index contributed by atoms with van der Waals surface area (Å²) in [6, 6.07) is 0. The maximum absolute atomic E-state index is 12.0. The Morgan fingerprint density at radius 2 is 1.79 bits per heavy atom. The molecule has 8 atom stereocenters. The molecular weight excluding hydrogens is 370 g/mol. The van der Waals surface area contributed by atoms with Crippen LogP contribution in [0.1, 0.15) is 12.8 Å². The van der Waals surface area contributed by atoms with Crippen molar-refractivity contribution in [3.8, 4) is 0 Å². The topological polar surface area (TPSA) is 193 Å². The Morgan fingerprint density at radius 3 is 2.38 bits per heavy atom. The summed E-state index contributed by atoms with van der Waals surface area (Å²) >= 11 is 0. The van der Waals surface area contributed by atoms with Gasteiger partial charge in [-0.2, -0.15) is 0 Å². The van der Waals surface area contributed by atoms with Crippen LogP contribution in [0.5, 0.6) is 0 Å². The molecule has 0 bridgehead atoms. The minimum atomic E-state index is -4.51. The maximum Gasteiger partial charge on any atom is 0.694 e. The van der Waals surface area contributed by atoms with Gasteiger partial charge in [0.1, 0.15) is 37.4 Å². The van der Waals surface area contributed by atoms with Crippen LogP contribution in [0.2, 0.25) is 0 Å². The van der Waals surface area contributed by atoms with Gasteiger partial charge in [-0.15, -0.1) is 9.42 Å². The normalized spacial score (nSPS) is 39.8. The van der Waals surface area contributed by atoms with Crippen LogP contribution in [-0.4, -0.2) is 65.0 Å². The van der Waals surface area contributed by atoms with E-state index in [4.69, 9.17) is 34.9 Å². The van der Waals surface area contributed by atoms with Crippen LogP contribution >= 0.6 is 16.1 Å². The summed E-state index contributed by atoms with van der Waals surface area (Å²) in [6.45, 7) is -0.741. The molecule has 2 rings (SSSR count). The molecule has 2 unspecified atom stereocenters. The van der Waals surface area contributed by atoms with Crippen molar-refractivity contribution in [1.29, 1.82) is 0 Å². The van der Waals surface area contributed by atoms with Crippen LogP contribution in [0.25, 0.3) is 0 Å². The average Bonchev–Trinajstić information content (AvgIpc) is 2.95. The summed E-state index contributed by atoms with van der Waals surface area (Å²) in [5, 5.41) is 9.64. The summed E-state index contributed by atoms with van der Waals surface area (Å²) in [7, 11) is -7.36. The van der Waals surface area contributed by atoms with Crippen LogP contribution in [0, 0.1) is 0 Å². The summed E-state index contributed by atoms with van der Waals surface area (Å²) in [4.78, 5) is 18.4. The van der Waals surface area contributed by atoms with Crippen molar-refractivity contribution in [1.82, 2.24) is 0 Å². The number of nitrogens with two attached hydrogens (primary N) is 2. The Bertz CT molecular complexity index is 496. The van der Waals surface area contributed by atoms with E-state index in [-0.39, 0.29) is 19.4 Å². The van der Waals surface area contributed by atoms with Crippen LogP contribution < -0.4 is 11.5 Å². The van der Waals surface area contributed by atoms with Crippen molar-refractivity contribution in [2.45, 2.75) is 49.7 Å². The quantitative estimate of drug-likeness (QED) is 0.306. The third-order valence-corrected chi connectivity index (χ3v) is 4.88. The first-order chi connectivity index (χ1) is 11.2. The lowest BCUT2D eigenvalue weighted by Crippen LogP contribution is -2.29. The highest BCUT2D eigenvalue weighted by atomic mass is 31.2. The fourth-order valence-electron chi connectivity index (χ4n) is 2.42. The Morgan fingerprint density at radius 1 is 1.17 bits per heavy atom. The molecule has 24 heavy (non-hydrogen) atoms. The second kappa shape index (κ2) is 8.54. The smallest absolute Gasteiger partial charge is 0.390 e. The van der Waals surface area contributed by atoms with Crippen molar-refractivity contribution in [2.24, 2.45) is 11.5 Å². The molecule has 14 heteroatoms. The Hall–Kier alpha value is -0.0700. The second-order valence-corrected chi connectivity index (χ2v) is 7.55. The Kier molecular flexibility index (Phi) is 7.21. The number of rotatable bonds is 8. The van der Waals surface area contributed by atoms with Crippen LogP contribution in [0.4, 0.5) is 0 Å². The van der Waals surface area contributed by atoms with Gasteiger partial charge < -0.3 is 30.9 Å². The number of hydrogen-bond donors (Lipinski definition) is 5. The van der Waals surface area contributed by atoms with Gasteiger partial charge in [0.15, 0.2) is 0 Å². The van der Waals surface area contributed by atoms with Crippen molar-refractivity contribution in [3.63, 3.8) is 0 Å². The van der Waals surface area contributed by atoms with Gasteiger partial charge in [0.05, 0.1) is 12.7 Å². The summed E-state index contributed by atoms with van der Waals surface area (Å²) in [5.74, 6) is 0. The third-order valence-electron chi connectivity index (χ3n) is 3.50. The van der Waals surface area contributed by atoms with Crippen molar-refractivity contribution >= 4 is 16.1 Å². The number of aliphatic hydroxyl groups excluding tert-OH is 1. The molecule has 0 amide bonds. The van der Waals surface area contributed by atoms with E-state index in [0.717, 1.165) is 0 Å². The standard InChI is InChI=1S/C10H20N2O10P2/c11-9-1-5(13)7(20-9)4-19-24(16,17)22-6-2-10(12)21-8(6)3-18-23(14)15/h5-10,13H,1-4,11-12H2,(H-,14,15,16,17)/p+1/t5-,6-,7+,8+,9+,10+/m0/s1. The predicted molar refractivity (Wildman–Crippen MR) is 77.4 cm³/mol. The van der Waals surface area contributed by atoms with E-state index in [2.05, 4.69) is 4.52 Å². The van der Waals surface area contributed by atoms with Crippen LogP contribution in [-0.2, 0) is 32.2 Å². The molecule has 7 N–H and O–H groups in total. The molecule has 2 fully saturated rings. The Labute approximate surface area is 138 Å². The van der Waals surface area contributed by atoms with Gasteiger partial charge in [0.25, 0.3) is 0 Å². The lowest BCUT2D eigenvalue weighted by Gasteiger charge is -2.21. The second-order valence-electron chi connectivity index (χ2n) is 5.41. The summed E-state index contributed by atoms with van der Waals surface area (Å²) in [5.41, 5.74) is 11.1. The van der Waals surface area contributed by atoms with Crippen molar-refractivity contribution in [2.75, 3.05) is 13.2 Å². The molecule has 2 aliphatic rings. The first-order valence-electron chi connectivity index (χ1n) is 7.11. The minimum Gasteiger partial charge on any atom is -0.390 e. The van der Waals surface area contributed by atoms with E-state index < -0.39 is 59.6 Å². The number of hydrogen-bond acceptors (Lipinski definition) is 10. The molecule has 2 heterocycles. The van der Waals surface area contributed by atoms with Gasteiger partial charge in [-0.1, -0.05) is 0 Å². The number of phosphoric acid groups is 1. The molecule has 2 aliphatic heterocycles. The van der Waals surface area contributed by atoms with Gasteiger partial charge in [-0.3, -0.25) is 9.05 Å². The van der Waals surface area contributed by atoms with E-state index in [1.165, 1.54) is 0 Å². The zero-order valence-corrected chi connectivity index (χ0v) is 14.3. The van der Waals surface area contributed by atoms with Crippen molar-refractivity contribution in [3.05, 3.63) is 0 Å². The SMILES string of the molecule is N[C@H]1C[C@H](OP(=O)(O)OC[C@H]2O[C@@H](N)C[C@@H]2O)[C@@H](CO[P+](=O)O)O1. The van der Waals surface area contributed by atoms with Crippen LogP contribution in [0.15, 0.2) is 0 Å². The molecule has 12 nitrogen and oxygen atoms in total. The fraction of sp³-hybridized carbons (Fsp3) is 1.00. The zero-order valence-electron chi connectivity index (χ0n) is 12.5.